The van der Waals surface area contributed by atoms with Crippen LogP contribution in [-0.4, -0.2) is 29.6 Å². The molecule has 0 aliphatic carbocycles. The van der Waals surface area contributed by atoms with E-state index in [4.69, 9.17) is 5.11 Å². The fourth-order valence-corrected chi connectivity index (χ4v) is 1.85. The predicted molar refractivity (Wildman–Crippen MR) is 61.2 cm³/mol. The molecule has 0 saturated heterocycles. The number of esters is 1. The van der Waals surface area contributed by atoms with Crippen molar-refractivity contribution in [3.63, 3.8) is 0 Å². The van der Waals surface area contributed by atoms with Gasteiger partial charge in [-0.3, -0.25) is 9.59 Å². The SMILES string of the molecule is CCOC(=O)CC(=O)Nc1cscc1C(=O)O. The van der Waals surface area contributed by atoms with Crippen molar-refractivity contribution in [3.05, 3.63) is 16.3 Å². The summed E-state index contributed by atoms with van der Waals surface area (Å²) >= 11 is 1.15. The molecule has 6 nitrogen and oxygen atoms in total. The fraction of sp³-hybridized carbons (Fsp3) is 0.300. The number of hydrogen-bond acceptors (Lipinski definition) is 5. The monoisotopic (exact) mass is 257 g/mol. The first-order valence-electron chi connectivity index (χ1n) is 4.79. The maximum absolute atomic E-state index is 11.4. The number of carboxylic acids is 1. The first kappa shape index (κ1) is 13.2. The maximum Gasteiger partial charge on any atom is 0.338 e. The molecular formula is C10H11NO5S. The molecule has 2 N–H and O–H groups in total. The summed E-state index contributed by atoms with van der Waals surface area (Å²) in [6.07, 6.45) is -0.428. The van der Waals surface area contributed by atoms with Crippen LogP contribution in [0.3, 0.4) is 0 Å². The summed E-state index contributed by atoms with van der Waals surface area (Å²) in [6.45, 7) is 1.84. The van der Waals surface area contributed by atoms with Crippen LogP contribution >= 0.6 is 11.3 Å². The van der Waals surface area contributed by atoms with Gasteiger partial charge in [0.05, 0.1) is 17.9 Å². The molecular weight excluding hydrogens is 246 g/mol. The van der Waals surface area contributed by atoms with Gasteiger partial charge in [0.2, 0.25) is 5.91 Å². The van der Waals surface area contributed by atoms with Crippen LogP contribution in [0.5, 0.6) is 0 Å². The number of carboxylic acid groups (broad SMARTS) is 1. The van der Waals surface area contributed by atoms with Crippen molar-refractivity contribution in [3.8, 4) is 0 Å². The van der Waals surface area contributed by atoms with E-state index < -0.39 is 24.3 Å². The molecule has 0 bridgehead atoms. The average Bonchev–Trinajstić information content (AvgIpc) is 2.65. The van der Waals surface area contributed by atoms with Crippen LogP contribution in [0.15, 0.2) is 10.8 Å². The van der Waals surface area contributed by atoms with Crippen molar-refractivity contribution < 1.29 is 24.2 Å². The van der Waals surface area contributed by atoms with E-state index in [0.717, 1.165) is 11.3 Å². The molecule has 0 saturated carbocycles. The van der Waals surface area contributed by atoms with Gasteiger partial charge in [-0.15, -0.1) is 11.3 Å². The molecule has 1 amide bonds. The molecule has 17 heavy (non-hydrogen) atoms. The van der Waals surface area contributed by atoms with E-state index in [0.29, 0.717) is 0 Å². The van der Waals surface area contributed by atoms with Gasteiger partial charge in [0.15, 0.2) is 0 Å². The van der Waals surface area contributed by atoms with E-state index in [9.17, 15) is 14.4 Å². The number of carbonyl (C=O) groups is 3. The Balaban J connectivity index is 2.59. The lowest BCUT2D eigenvalue weighted by atomic mass is 10.3. The summed E-state index contributed by atoms with van der Waals surface area (Å²) in [6, 6.07) is 0. The van der Waals surface area contributed by atoms with Gasteiger partial charge in [0.25, 0.3) is 0 Å². The van der Waals surface area contributed by atoms with E-state index in [1.165, 1.54) is 10.8 Å². The van der Waals surface area contributed by atoms with Crippen LogP contribution in [0.1, 0.15) is 23.7 Å². The zero-order valence-electron chi connectivity index (χ0n) is 9.06. The molecule has 0 radical (unpaired) electrons. The van der Waals surface area contributed by atoms with E-state index in [1.54, 1.807) is 6.92 Å². The Morgan fingerprint density at radius 2 is 2.12 bits per heavy atom. The summed E-state index contributed by atoms with van der Waals surface area (Å²) in [7, 11) is 0. The summed E-state index contributed by atoms with van der Waals surface area (Å²) in [5, 5.41) is 14.0. The largest absolute Gasteiger partial charge is 0.478 e. The lowest BCUT2D eigenvalue weighted by molar-refractivity contribution is -0.145. The number of ether oxygens (including phenoxy) is 1. The fourth-order valence-electron chi connectivity index (χ4n) is 1.10. The minimum atomic E-state index is -1.13. The highest BCUT2D eigenvalue weighted by Crippen LogP contribution is 2.20. The highest BCUT2D eigenvalue weighted by Gasteiger charge is 2.15. The Hall–Kier alpha value is -1.89. The number of nitrogens with one attached hydrogen (secondary N) is 1. The number of thiophene rings is 1. The lowest BCUT2D eigenvalue weighted by Crippen LogP contribution is -2.18. The van der Waals surface area contributed by atoms with E-state index in [1.807, 2.05) is 0 Å². The van der Waals surface area contributed by atoms with Gasteiger partial charge >= 0.3 is 11.9 Å². The second kappa shape index (κ2) is 6.00. The van der Waals surface area contributed by atoms with E-state index in [2.05, 4.69) is 10.1 Å². The Morgan fingerprint density at radius 1 is 1.41 bits per heavy atom. The molecule has 0 fully saturated rings. The van der Waals surface area contributed by atoms with E-state index in [-0.39, 0.29) is 17.9 Å². The third-order valence-corrected chi connectivity index (χ3v) is 2.52. The standard InChI is InChI=1S/C10H11NO5S/c1-2-16-9(13)3-8(12)11-7-5-17-4-6(7)10(14)15/h4-5H,2-3H2,1H3,(H,11,12)(H,14,15). The molecule has 0 aliphatic rings. The van der Waals surface area contributed by atoms with E-state index >= 15 is 0 Å². The second-order valence-corrected chi connectivity index (χ2v) is 3.78. The predicted octanol–water partition coefficient (Wildman–Crippen LogP) is 1.34. The number of amides is 1. The minimum Gasteiger partial charge on any atom is -0.478 e. The van der Waals surface area contributed by atoms with Gasteiger partial charge in [0, 0.05) is 10.8 Å². The molecule has 1 heterocycles. The molecule has 0 aromatic carbocycles. The minimum absolute atomic E-state index is 0.00667. The lowest BCUT2D eigenvalue weighted by Gasteiger charge is -2.04. The zero-order valence-corrected chi connectivity index (χ0v) is 9.87. The Labute approximate surface area is 101 Å². The number of rotatable bonds is 5. The Bertz CT molecular complexity index is 440. The normalized spacial score (nSPS) is 9.71. The maximum atomic E-state index is 11.4. The topological polar surface area (TPSA) is 92.7 Å². The van der Waals surface area contributed by atoms with Crippen molar-refractivity contribution in [2.45, 2.75) is 13.3 Å². The first-order valence-corrected chi connectivity index (χ1v) is 5.73. The molecule has 7 heteroatoms. The van der Waals surface area contributed by atoms with Gasteiger partial charge in [-0.05, 0) is 6.92 Å². The third-order valence-electron chi connectivity index (χ3n) is 1.78. The molecule has 92 valence electrons. The highest BCUT2D eigenvalue weighted by atomic mass is 32.1. The second-order valence-electron chi connectivity index (χ2n) is 3.03. The Morgan fingerprint density at radius 3 is 2.71 bits per heavy atom. The highest BCUT2D eigenvalue weighted by molar-refractivity contribution is 7.08. The van der Waals surface area contributed by atoms with Gasteiger partial charge in [0.1, 0.15) is 6.42 Å². The summed E-state index contributed by atoms with van der Waals surface area (Å²) in [5.41, 5.74) is 0.198. The number of hydrogen-bond donors (Lipinski definition) is 2. The molecule has 1 aromatic rings. The Kier molecular flexibility index (Phi) is 4.65. The number of aromatic carboxylic acids is 1. The van der Waals surface area contributed by atoms with Crippen molar-refractivity contribution in [1.82, 2.24) is 0 Å². The summed E-state index contributed by atoms with van der Waals surface area (Å²) in [5.74, 6) is -2.36. The first-order chi connectivity index (χ1) is 8.04. The quantitative estimate of drug-likeness (QED) is 0.613. The van der Waals surface area contributed by atoms with Crippen molar-refractivity contribution in [1.29, 1.82) is 0 Å². The average molecular weight is 257 g/mol. The molecule has 1 aromatic heterocycles. The summed E-state index contributed by atoms with van der Waals surface area (Å²) < 4.78 is 4.60. The molecule has 0 unspecified atom stereocenters. The van der Waals surface area contributed by atoms with Gasteiger partial charge in [-0.1, -0.05) is 0 Å². The van der Waals surface area contributed by atoms with Gasteiger partial charge < -0.3 is 15.2 Å². The number of anilines is 1. The zero-order chi connectivity index (χ0) is 12.8. The van der Waals surface area contributed by atoms with Crippen molar-refractivity contribution in [2.24, 2.45) is 0 Å². The van der Waals surface area contributed by atoms with Gasteiger partial charge in [-0.2, -0.15) is 0 Å². The molecule has 0 spiro atoms. The van der Waals surface area contributed by atoms with Crippen LogP contribution in [0.25, 0.3) is 0 Å². The van der Waals surface area contributed by atoms with Crippen LogP contribution in [0.2, 0.25) is 0 Å². The summed E-state index contributed by atoms with van der Waals surface area (Å²) in [4.78, 5) is 33.1. The third kappa shape index (κ3) is 3.87. The van der Waals surface area contributed by atoms with Crippen molar-refractivity contribution >= 4 is 34.9 Å². The smallest absolute Gasteiger partial charge is 0.338 e. The molecule has 0 atom stereocenters. The molecule has 1 rings (SSSR count). The van der Waals surface area contributed by atoms with Crippen LogP contribution < -0.4 is 5.32 Å². The van der Waals surface area contributed by atoms with Crippen LogP contribution in [0.4, 0.5) is 5.69 Å². The number of carbonyl (C=O) groups excluding carboxylic acids is 2. The van der Waals surface area contributed by atoms with Crippen LogP contribution in [0, 0.1) is 0 Å². The molecule has 0 aliphatic heterocycles. The van der Waals surface area contributed by atoms with Crippen molar-refractivity contribution in [2.75, 3.05) is 11.9 Å². The van der Waals surface area contributed by atoms with Crippen LogP contribution in [-0.2, 0) is 14.3 Å². The van der Waals surface area contributed by atoms with Gasteiger partial charge in [-0.25, -0.2) is 4.79 Å².